The zero-order chi connectivity index (χ0) is 12.2. The summed E-state index contributed by atoms with van der Waals surface area (Å²) in [6, 6.07) is 0. The van der Waals surface area contributed by atoms with Crippen LogP contribution >= 0.6 is 0 Å². The summed E-state index contributed by atoms with van der Waals surface area (Å²) in [5, 5.41) is 7.44. The minimum Gasteiger partial charge on any atom is -0.374 e. The van der Waals surface area contributed by atoms with Crippen LogP contribution in [0.5, 0.6) is 0 Å². The highest BCUT2D eigenvalue weighted by Crippen LogP contribution is 2.06. The molecule has 0 unspecified atom stereocenters. The van der Waals surface area contributed by atoms with E-state index in [2.05, 4.69) is 10.3 Å². The molecule has 90 valence electrons. The van der Waals surface area contributed by atoms with E-state index in [9.17, 15) is 4.79 Å². The molecule has 1 rings (SSSR count). The predicted octanol–water partition coefficient (Wildman–Crippen LogP) is -0.303. The lowest BCUT2D eigenvalue weighted by Gasteiger charge is -2.19. The third-order valence-electron chi connectivity index (χ3n) is 1.76. The van der Waals surface area contributed by atoms with E-state index >= 15 is 0 Å². The van der Waals surface area contributed by atoms with E-state index in [4.69, 9.17) is 10.6 Å². The van der Waals surface area contributed by atoms with Crippen molar-refractivity contribution >= 4 is 5.91 Å². The van der Waals surface area contributed by atoms with Crippen molar-refractivity contribution in [2.75, 3.05) is 6.61 Å². The van der Waals surface area contributed by atoms with Gasteiger partial charge in [0.25, 0.3) is 5.91 Å². The molecule has 0 spiro atoms. The Hall–Kier alpha value is -1.47. The number of nitrogens with two attached hydrogens (primary N) is 1. The second-order valence-electron chi connectivity index (χ2n) is 4.30. The molecule has 1 aromatic heterocycles. The first-order valence-electron chi connectivity index (χ1n) is 4.97. The largest absolute Gasteiger partial charge is 0.374 e. The average Bonchev–Trinajstić information content (AvgIpc) is 2.63. The third-order valence-corrected chi connectivity index (χ3v) is 1.76. The van der Waals surface area contributed by atoms with Gasteiger partial charge in [0.1, 0.15) is 0 Å². The Morgan fingerprint density at radius 3 is 2.88 bits per heavy atom. The van der Waals surface area contributed by atoms with Crippen LogP contribution in [0.4, 0.5) is 0 Å². The maximum atomic E-state index is 11.1. The van der Waals surface area contributed by atoms with Crippen LogP contribution in [0.25, 0.3) is 0 Å². The Labute approximate surface area is 93.9 Å². The Morgan fingerprint density at radius 1 is 1.62 bits per heavy atom. The summed E-state index contributed by atoms with van der Waals surface area (Å²) in [5.41, 5.74) is 2.00. The van der Waals surface area contributed by atoms with E-state index in [0.717, 1.165) is 0 Å². The summed E-state index contributed by atoms with van der Waals surface area (Å²) >= 11 is 0. The lowest BCUT2D eigenvalue weighted by molar-refractivity contribution is -0.00806. The first-order chi connectivity index (χ1) is 7.42. The molecule has 0 atom stereocenters. The molecule has 1 amide bonds. The summed E-state index contributed by atoms with van der Waals surface area (Å²) in [7, 11) is 0. The fourth-order valence-corrected chi connectivity index (χ4v) is 1.03. The molecule has 16 heavy (non-hydrogen) atoms. The smallest absolute Gasteiger partial charge is 0.287 e. The maximum absolute atomic E-state index is 11.1. The number of rotatable bonds is 4. The number of carbonyl (C=O) groups excluding carboxylic acids is 1. The van der Waals surface area contributed by atoms with Gasteiger partial charge in [-0.05, 0) is 20.8 Å². The number of carbonyl (C=O) groups is 1. The minimum atomic E-state index is -0.456. The van der Waals surface area contributed by atoms with Gasteiger partial charge in [0, 0.05) is 0 Å². The van der Waals surface area contributed by atoms with Gasteiger partial charge in [0.2, 0.25) is 0 Å². The molecule has 0 aromatic carbocycles. The maximum Gasteiger partial charge on any atom is 0.287 e. The number of hydrogen-bond acceptors (Lipinski definition) is 5. The molecule has 0 aliphatic rings. The number of aromatic nitrogens is 3. The molecule has 0 aliphatic heterocycles. The van der Waals surface area contributed by atoms with Crippen LogP contribution < -0.4 is 11.3 Å². The highest BCUT2D eigenvalue weighted by molar-refractivity contribution is 5.91. The van der Waals surface area contributed by atoms with Crippen molar-refractivity contribution < 1.29 is 9.53 Å². The van der Waals surface area contributed by atoms with Crippen molar-refractivity contribution in [1.29, 1.82) is 0 Å². The lowest BCUT2D eigenvalue weighted by atomic mass is 10.2. The van der Waals surface area contributed by atoms with E-state index in [-0.39, 0.29) is 11.3 Å². The Balaban J connectivity index is 2.44. The standard InChI is InChI=1S/C9H17N5O2/c1-9(2,3)16-5-4-14-6-7(12-13-14)8(15)11-10/h6H,4-5,10H2,1-3H3,(H,11,15). The average molecular weight is 227 g/mol. The summed E-state index contributed by atoms with van der Waals surface area (Å²) in [5.74, 6) is 4.51. The Morgan fingerprint density at radius 2 is 2.31 bits per heavy atom. The van der Waals surface area contributed by atoms with E-state index in [1.807, 2.05) is 26.2 Å². The van der Waals surface area contributed by atoms with Gasteiger partial charge in [-0.2, -0.15) is 0 Å². The van der Waals surface area contributed by atoms with Gasteiger partial charge < -0.3 is 4.74 Å². The molecule has 7 nitrogen and oxygen atoms in total. The van der Waals surface area contributed by atoms with E-state index in [0.29, 0.717) is 13.2 Å². The van der Waals surface area contributed by atoms with Gasteiger partial charge in [-0.25, -0.2) is 10.5 Å². The van der Waals surface area contributed by atoms with Crippen molar-refractivity contribution in [2.45, 2.75) is 32.9 Å². The zero-order valence-corrected chi connectivity index (χ0v) is 9.73. The van der Waals surface area contributed by atoms with Gasteiger partial charge in [0.05, 0.1) is 24.9 Å². The van der Waals surface area contributed by atoms with Crippen LogP contribution in [0.15, 0.2) is 6.20 Å². The van der Waals surface area contributed by atoms with Crippen LogP contribution in [-0.2, 0) is 11.3 Å². The molecule has 0 saturated carbocycles. The number of hydrazine groups is 1. The first kappa shape index (κ1) is 12.6. The van der Waals surface area contributed by atoms with Crippen molar-refractivity contribution in [1.82, 2.24) is 20.4 Å². The number of hydrogen-bond donors (Lipinski definition) is 2. The summed E-state index contributed by atoms with van der Waals surface area (Å²) in [6.07, 6.45) is 1.52. The van der Waals surface area contributed by atoms with Crippen LogP contribution in [0.2, 0.25) is 0 Å². The van der Waals surface area contributed by atoms with E-state index < -0.39 is 5.91 Å². The molecule has 1 heterocycles. The molecule has 0 bridgehead atoms. The van der Waals surface area contributed by atoms with Crippen molar-refractivity contribution in [3.63, 3.8) is 0 Å². The third kappa shape index (κ3) is 3.95. The SMILES string of the molecule is CC(C)(C)OCCn1cc(C(=O)NN)nn1. The van der Waals surface area contributed by atoms with Gasteiger partial charge in [-0.3, -0.25) is 10.2 Å². The van der Waals surface area contributed by atoms with Crippen molar-refractivity contribution in [3.8, 4) is 0 Å². The molecule has 3 N–H and O–H groups in total. The van der Waals surface area contributed by atoms with Gasteiger partial charge >= 0.3 is 0 Å². The van der Waals surface area contributed by atoms with Gasteiger partial charge in [-0.15, -0.1) is 5.10 Å². The topological polar surface area (TPSA) is 95.1 Å². The van der Waals surface area contributed by atoms with Crippen LogP contribution in [0.3, 0.4) is 0 Å². The Kier molecular flexibility index (Phi) is 3.97. The quantitative estimate of drug-likeness (QED) is 0.418. The molecule has 0 radical (unpaired) electrons. The first-order valence-corrected chi connectivity index (χ1v) is 4.97. The van der Waals surface area contributed by atoms with Crippen molar-refractivity contribution in [3.05, 3.63) is 11.9 Å². The molecule has 0 fully saturated rings. The highest BCUT2D eigenvalue weighted by atomic mass is 16.5. The predicted molar refractivity (Wildman–Crippen MR) is 57.4 cm³/mol. The van der Waals surface area contributed by atoms with E-state index in [1.165, 1.54) is 10.9 Å². The Bertz CT molecular complexity index is 355. The second-order valence-corrected chi connectivity index (χ2v) is 4.30. The summed E-state index contributed by atoms with van der Waals surface area (Å²) < 4.78 is 7.05. The number of amides is 1. The number of nitrogen functional groups attached to an aromatic ring is 1. The molecular weight excluding hydrogens is 210 g/mol. The van der Waals surface area contributed by atoms with Crippen molar-refractivity contribution in [2.24, 2.45) is 5.84 Å². The lowest BCUT2D eigenvalue weighted by Crippen LogP contribution is -2.30. The summed E-state index contributed by atoms with van der Waals surface area (Å²) in [6.45, 7) is 6.98. The molecule has 0 aliphatic carbocycles. The molecule has 1 aromatic rings. The minimum absolute atomic E-state index is 0.182. The molecular formula is C9H17N5O2. The fourth-order valence-electron chi connectivity index (χ4n) is 1.03. The van der Waals surface area contributed by atoms with Crippen LogP contribution in [-0.4, -0.2) is 33.1 Å². The van der Waals surface area contributed by atoms with E-state index in [1.54, 1.807) is 0 Å². The fraction of sp³-hybridized carbons (Fsp3) is 0.667. The number of nitrogens with zero attached hydrogens (tertiary/aromatic N) is 3. The molecule has 7 heteroatoms. The number of nitrogens with one attached hydrogen (secondary N) is 1. The monoisotopic (exact) mass is 227 g/mol. The van der Waals surface area contributed by atoms with Gasteiger partial charge in [-0.1, -0.05) is 5.21 Å². The van der Waals surface area contributed by atoms with Gasteiger partial charge in [0.15, 0.2) is 5.69 Å². The second kappa shape index (κ2) is 5.04. The zero-order valence-electron chi connectivity index (χ0n) is 9.73. The van der Waals surface area contributed by atoms with Crippen LogP contribution in [0, 0.1) is 0 Å². The highest BCUT2D eigenvalue weighted by Gasteiger charge is 2.11. The normalized spacial score (nSPS) is 11.5. The van der Waals surface area contributed by atoms with Crippen LogP contribution in [0.1, 0.15) is 31.3 Å². The molecule has 0 saturated heterocycles. The summed E-state index contributed by atoms with van der Waals surface area (Å²) in [4.78, 5) is 11.1. The number of ether oxygens (including phenoxy) is 1.